The van der Waals surface area contributed by atoms with E-state index in [2.05, 4.69) is 19.9 Å². The van der Waals surface area contributed by atoms with Gasteiger partial charge < -0.3 is 81.3 Å². The molecule has 0 bridgehead atoms. The maximum atomic E-state index is 14.7. The third kappa shape index (κ3) is 23.8. The summed E-state index contributed by atoms with van der Waals surface area (Å²) >= 11 is 0. The summed E-state index contributed by atoms with van der Waals surface area (Å²) in [5.41, 5.74) is -5.73. The number of amides is 4. The first-order valence-electron chi connectivity index (χ1n) is 44.1. The number of carboxylic acid groups (broad SMARTS) is 1. The number of fused-ring (bicyclic) bond motifs is 2. The number of aliphatic hydroxyl groups is 1. The van der Waals surface area contributed by atoms with Gasteiger partial charge in [-0.25, -0.2) is 38.7 Å². The van der Waals surface area contributed by atoms with E-state index in [0.717, 1.165) is 28.9 Å². The van der Waals surface area contributed by atoms with Crippen molar-refractivity contribution in [3.63, 3.8) is 0 Å². The largest absolute Gasteiger partial charge is 0.479 e. The molecular formula is C92H136N10O25. The summed E-state index contributed by atoms with van der Waals surface area (Å²) in [6, 6.07) is 5.99. The summed E-state index contributed by atoms with van der Waals surface area (Å²) < 4.78 is 68.2. The van der Waals surface area contributed by atoms with Crippen molar-refractivity contribution in [2.75, 3.05) is 40.4 Å². The maximum Gasteiger partial charge on any atom is 0.412 e. The van der Waals surface area contributed by atoms with E-state index in [0.29, 0.717) is 38.9 Å². The van der Waals surface area contributed by atoms with E-state index in [9.17, 15) is 62.6 Å². The lowest BCUT2D eigenvalue weighted by Crippen LogP contribution is -2.59. The smallest absolute Gasteiger partial charge is 0.412 e. The van der Waals surface area contributed by atoms with Crippen molar-refractivity contribution in [1.82, 2.24) is 48.7 Å². The molecule has 2 unspecified atom stereocenters. The van der Waals surface area contributed by atoms with E-state index in [1.807, 2.05) is 52.7 Å². The van der Waals surface area contributed by atoms with Crippen LogP contribution in [0, 0.1) is 47.3 Å². The van der Waals surface area contributed by atoms with Crippen LogP contribution in [-0.2, 0) is 104 Å². The van der Waals surface area contributed by atoms with Gasteiger partial charge in [-0.2, -0.15) is 0 Å². The van der Waals surface area contributed by atoms with Crippen LogP contribution in [-0.4, -0.2) is 264 Å². The molecule has 6 fully saturated rings. The molecule has 0 aromatic carbocycles. The number of aliphatic hydroxyl groups excluding tert-OH is 1. The number of aryl methyl sites for hydroxylation is 2. The number of ketones is 4. The topological polar surface area (TPSA) is 421 Å². The highest BCUT2D eigenvalue weighted by Crippen LogP contribution is 2.46. The first kappa shape index (κ1) is 103. The van der Waals surface area contributed by atoms with Crippen LogP contribution >= 0.6 is 0 Å². The number of nitrogens with zero attached hydrogens (tertiary/aromatic N) is 10. The zero-order chi connectivity index (χ0) is 94.9. The molecule has 6 saturated heterocycles. The van der Waals surface area contributed by atoms with Crippen molar-refractivity contribution in [3.05, 3.63) is 74.1 Å². The van der Waals surface area contributed by atoms with Crippen molar-refractivity contribution in [3.8, 4) is 22.5 Å². The van der Waals surface area contributed by atoms with Crippen LogP contribution < -0.4 is 0 Å². The van der Waals surface area contributed by atoms with Crippen molar-refractivity contribution in [2.24, 2.45) is 47.3 Å². The molecule has 0 spiro atoms. The minimum absolute atomic E-state index is 0.00273. The Hall–Kier alpha value is -9.84. The number of carbonyl (C=O) groups excluding carboxylic acids is 11. The SMILES string of the molecule is CC(C)(C)OC(=O)N1CC(C(=O)O)OC1(C)C.CC[C@H]1OC(=O)[C@H](C)C(=O)[C@H](C)[C@@H](O)[C@@](C)(OC)C[C@@H](C)C(=O)[C@H](C)[C@H]2N(CCCCn3cnc(-c4cccnc4)c3)C(=O)O[C@]12C.CC[C@H]1OC(=O)[C@H](C)C(=O)[C@H](C)[C@@H](OC(=O)C2CN(C(=O)OC(C)(C)C)C(C)(C)O2)[C@@](C)(OC)C[C@@H](C)C(=O)[C@H](C)[C@H]2N(CCCCn3cnc(-c4cccnc4)c3)C(=O)O[C@]12C. The van der Waals surface area contributed by atoms with E-state index in [1.54, 1.807) is 186 Å². The number of aliphatic carboxylic acids is 1. The molecule has 35 nitrogen and oxygen atoms in total. The molecule has 10 rings (SSSR count). The monoisotopic (exact) mass is 1780 g/mol. The fraction of sp³-hybridized carbons (Fsp3) is 0.696. The van der Waals surface area contributed by atoms with Gasteiger partial charge in [-0.3, -0.25) is 48.5 Å². The number of hydrogen-bond acceptors (Lipinski definition) is 28. The molecule has 4 amide bonds. The number of carbonyl (C=O) groups is 12. The first-order valence-corrected chi connectivity index (χ1v) is 44.1. The van der Waals surface area contributed by atoms with Crippen LogP contribution in [0.1, 0.15) is 218 Å². The summed E-state index contributed by atoms with van der Waals surface area (Å²) in [6.45, 7) is 41.9. The number of carboxylic acids is 1. The van der Waals surface area contributed by atoms with Gasteiger partial charge in [0.05, 0.1) is 66.8 Å². The minimum atomic E-state index is -1.46. The Kier molecular flexibility index (Phi) is 33.3. The van der Waals surface area contributed by atoms with Gasteiger partial charge in [0.15, 0.2) is 35.0 Å². The molecule has 0 aliphatic carbocycles. The summed E-state index contributed by atoms with van der Waals surface area (Å²) in [6.07, 6.45) is 8.26. The van der Waals surface area contributed by atoms with Crippen LogP contribution in [0.4, 0.5) is 19.2 Å². The molecule has 0 saturated carbocycles. The lowest BCUT2D eigenvalue weighted by Gasteiger charge is -2.43. The van der Waals surface area contributed by atoms with Crippen LogP contribution in [0.2, 0.25) is 0 Å². The molecular weight excluding hydrogens is 1650 g/mol. The molecule has 127 heavy (non-hydrogen) atoms. The molecule has 35 heteroatoms. The molecule has 4 aromatic heterocycles. The minimum Gasteiger partial charge on any atom is -0.479 e. The number of ether oxygens (including phenoxy) is 11. The van der Waals surface area contributed by atoms with Crippen LogP contribution in [0.15, 0.2) is 74.1 Å². The van der Waals surface area contributed by atoms with Crippen molar-refractivity contribution in [1.29, 1.82) is 0 Å². The Bertz CT molecular complexity index is 4540. The second-order valence-electron chi connectivity index (χ2n) is 38.3. The van der Waals surface area contributed by atoms with Crippen molar-refractivity contribution in [2.45, 2.75) is 324 Å². The average molecular weight is 1780 g/mol. The van der Waals surface area contributed by atoms with E-state index < -0.39 is 201 Å². The van der Waals surface area contributed by atoms with Gasteiger partial charge in [-0.05, 0) is 186 Å². The van der Waals surface area contributed by atoms with Gasteiger partial charge in [-0.1, -0.05) is 55.4 Å². The van der Waals surface area contributed by atoms with Crippen LogP contribution in [0.25, 0.3) is 22.5 Å². The fourth-order valence-corrected chi connectivity index (χ4v) is 18.3. The highest BCUT2D eigenvalue weighted by atomic mass is 16.6. The number of pyridine rings is 2. The number of aromatic nitrogens is 6. The number of rotatable bonds is 19. The number of methoxy groups -OCH3 is 2. The van der Waals surface area contributed by atoms with Crippen LogP contribution in [0.5, 0.6) is 0 Å². The lowest BCUT2D eigenvalue weighted by molar-refractivity contribution is -0.193. The molecule has 20 atom stereocenters. The quantitative estimate of drug-likeness (QED) is 0.0381. The molecule has 6 aliphatic heterocycles. The normalized spacial score (nSPS) is 31.6. The zero-order valence-corrected chi connectivity index (χ0v) is 78.8. The molecule has 4 aromatic rings. The predicted molar refractivity (Wildman–Crippen MR) is 461 cm³/mol. The van der Waals surface area contributed by atoms with Gasteiger partial charge in [0.25, 0.3) is 0 Å². The predicted octanol–water partition coefficient (Wildman–Crippen LogP) is 12.3. The lowest BCUT2D eigenvalue weighted by atomic mass is 9.73. The third-order valence-electron chi connectivity index (χ3n) is 25.4. The molecule has 0 radical (unpaired) electrons. The number of hydrogen-bond donors (Lipinski definition) is 2. The fourth-order valence-electron chi connectivity index (χ4n) is 18.3. The highest BCUT2D eigenvalue weighted by Gasteiger charge is 2.63. The second kappa shape index (κ2) is 41.3. The van der Waals surface area contributed by atoms with Gasteiger partial charge >= 0.3 is 48.3 Å². The Morgan fingerprint density at radius 3 is 1.26 bits per heavy atom. The number of unbranched alkanes of at least 4 members (excludes halogenated alkanes) is 2. The Balaban J connectivity index is 0.000000272. The van der Waals surface area contributed by atoms with Gasteiger partial charge in [-0.15, -0.1) is 0 Å². The summed E-state index contributed by atoms with van der Waals surface area (Å²) in [5, 5.41) is 20.2. The van der Waals surface area contributed by atoms with E-state index in [4.69, 9.17) is 57.2 Å². The van der Waals surface area contributed by atoms with E-state index >= 15 is 0 Å². The number of imidazole rings is 2. The summed E-state index contributed by atoms with van der Waals surface area (Å²) in [7, 11) is 2.83. The Morgan fingerprint density at radius 1 is 0.520 bits per heavy atom. The average Bonchev–Trinajstić information content (AvgIpc) is 1.60. The highest BCUT2D eigenvalue weighted by molar-refractivity contribution is 6.01. The standard InChI is InChI=1S/C46H67N5O12.C35H50N4O8.C11H19NO5/c1-14-34-46(12)37(50(41(56)63-46)21-16-15-20-49-24-32(48-26-49)31-18-17-19-47-23-31)28(3)35(52)27(2)22-45(11,58-13)38(29(4)36(53)30(5)39(54)59-34)60-40(55)33-25-51(44(9,10)61-33)42(57)62-43(6,7)8;1-9-27-35(7)30(39(33(44)47-35)16-11-10-15-38-19-26(37-20-38)25-13-12-14-36-18-25)22(3)28(40)21(2)17-34(6,45-8)31(42)23(4)29(41)24(5)32(43)46-27;1-10(2,3)17-9(15)12-6-7(8(13)14)16-11(12,4)5/h17-19,23-24,26-30,33-34,37-38H,14-16,20-22,25H2,1-13H3;12-14,18-24,27,30-31,42H,9-11,15-17H2,1-8H3;7H,6H2,1-5H3,(H,13,14)/t27-,28+,29+,30-,33?,34-,37-,38-,45+,46-;21-,22+,23+,24-,27-,30-,31-,34+,35-;/m11./s1. The number of cyclic esters (lactones) is 2. The second-order valence-corrected chi connectivity index (χ2v) is 38.3. The van der Waals surface area contributed by atoms with Crippen molar-refractivity contribution >= 4 is 71.4 Å². The third-order valence-corrected chi connectivity index (χ3v) is 25.4. The van der Waals surface area contributed by atoms with E-state index in [-0.39, 0.29) is 56.9 Å². The molecule has 704 valence electrons. The van der Waals surface area contributed by atoms with Crippen LogP contribution in [0.3, 0.4) is 0 Å². The Morgan fingerprint density at radius 2 is 0.898 bits per heavy atom. The summed E-state index contributed by atoms with van der Waals surface area (Å²) in [4.78, 5) is 184. The zero-order valence-electron chi connectivity index (χ0n) is 78.8. The van der Waals surface area contributed by atoms with Gasteiger partial charge in [0.2, 0.25) is 0 Å². The molecule has 10 heterocycles. The van der Waals surface area contributed by atoms with Gasteiger partial charge in [0, 0.05) is 118 Å². The number of esters is 3. The first-order chi connectivity index (χ1) is 59.1. The number of Topliss-reactive ketones (excluding diaryl/α,β-unsaturated/α-hetero) is 4. The molecule has 2 N–H and O–H groups in total. The molecule has 6 aliphatic rings. The van der Waals surface area contributed by atoms with Gasteiger partial charge in [0.1, 0.15) is 70.0 Å². The van der Waals surface area contributed by atoms with E-state index in [1.165, 1.54) is 44.8 Å². The van der Waals surface area contributed by atoms with Crippen molar-refractivity contribution < 1.29 is 120 Å². The summed E-state index contributed by atoms with van der Waals surface area (Å²) in [5.74, 6) is -12.5. The maximum absolute atomic E-state index is 14.7. The Labute approximate surface area is 745 Å².